The summed E-state index contributed by atoms with van der Waals surface area (Å²) in [5, 5.41) is 3.75. The summed E-state index contributed by atoms with van der Waals surface area (Å²) in [6.07, 6.45) is 1.88. The van der Waals surface area contributed by atoms with Crippen LogP contribution in [0, 0.1) is 5.92 Å². The van der Waals surface area contributed by atoms with Gasteiger partial charge in [0.2, 0.25) is 5.91 Å². The van der Waals surface area contributed by atoms with E-state index in [4.69, 9.17) is 23.2 Å². The Morgan fingerprint density at radius 2 is 2.06 bits per heavy atom. The number of carbonyl (C=O) groups excluding carboxylic acids is 1. The number of hydrogen-bond acceptors (Lipinski definition) is 1. The van der Waals surface area contributed by atoms with E-state index in [-0.39, 0.29) is 11.8 Å². The zero-order chi connectivity index (χ0) is 12.1. The Kier molecular flexibility index (Phi) is 5.10. The number of benzene rings is 1. The normalized spacial score (nSPS) is 12.2. The Balaban J connectivity index is 2.66. The van der Waals surface area contributed by atoms with E-state index in [1.807, 2.05) is 6.92 Å². The highest BCUT2D eigenvalue weighted by Crippen LogP contribution is 2.25. The second-order valence-corrected chi connectivity index (χ2v) is 4.62. The molecule has 0 radical (unpaired) electrons. The van der Waals surface area contributed by atoms with Crippen LogP contribution in [-0.4, -0.2) is 5.91 Å². The number of anilines is 1. The molecule has 0 heterocycles. The van der Waals surface area contributed by atoms with Gasteiger partial charge in [0.1, 0.15) is 0 Å². The van der Waals surface area contributed by atoms with E-state index in [0.717, 1.165) is 12.8 Å². The first-order valence-corrected chi connectivity index (χ1v) is 6.06. The summed E-state index contributed by atoms with van der Waals surface area (Å²) in [4.78, 5) is 11.7. The van der Waals surface area contributed by atoms with E-state index >= 15 is 0 Å². The number of nitrogens with one attached hydrogen (secondary N) is 1. The molecule has 4 heteroatoms. The van der Waals surface area contributed by atoms with Gasteiger partial charge in [-0.25, -0.2) is 0 Å². The van der Waals surface area contributed by atoms with E-state index in [9.17, 15) is 4.79 Å². The van der Waals surface area contributed by atoms with E-state index in [2.05, 4.69) is 12.2 Å². The lowest BCUT2D eigenvalue weighted by Crippen LogP contribution is -2.20. The predicted octanol–water partition coefficient (Wildman–Crippen LogP) is 4.37. The molecule has 16 heavy (non-hydrogen) atoms. The third-order valence-electron chi connectivity index (χ3n) is 2.36. The molecule has 0 fully saturated rings. The molecule has 1 N–H and O–H groups in total. The molecular weight excluding hydrogens is 245 g/mol. The fraction of sp³-hybridized carbons (Fsp3) is 0.417. The van der Waals surface area contributed by atoms with Crippen LogP contribution in [0.3, 0.4) is 0 Å². The molecular formula is C12H15Cl2NO. The van der Waals surface area contributed by atoms with Gasteiger partial charge >= 0.3 is 0 Å². The molecule has 0 saturated heterocycles. The summed E-state index contributed by atoms with van der Waals surface area (Å²) in [6.45, 7) is 3.97. The second kappa shape index (κ2) is 6.12. The molecule has 1 aromatic rings. The van der Waals surface area contributed by atoms with Crippen molar-refractivity contribution in [1.82, 2.24) is 0 Å². The molecule has 1 amide bonds. The van der Waals surface area contributed by atoms with Crippen molar-refractivity contribution in [2.45, 2.75) is 26.7 Å². The van der Waals surface area contributed by atoms with Gasteiger partial charge < -0.3 is 5.32 Å². The lowest BCUT2D eigenvalue weighted by molar-refractivity contribution is -0.119. The fourth-order valence-corrected chi connectivity index (χ4v) is 1.70. The van der Waals surface area contributed by atoms with Crippen molar-refractivity contribution in [3.63, 3.8) is 0 Å². The summed E-state index contributed by atoms with van der Waals surface area (Å²) in [6, 6.07) is 5.06. The molecule has 0 saturated carbocycles. The highest BCUT2D eigenvalue weighted by molar-refractivity contribution is 6.42. The Morgan fingerprint density at radius 3 is 2.62 bits per heavy atom. The average molecular weight is 260 g/mol. The first-order chi connectivity index (χ1) is 7.54. The van der Waals surface area contributed by atoms with Gasteiger partial charge in [-0.05, 0) is 24.6 Å². The van der Waals surface area contributed by atoms with Crippen LogP contribution in [0.15, 0.2) is 18.2 Å². The topological polar surface area (TPSA) is 29.1 Å². The Morgan fingerprint density at radius 1 is 1.38 bits per heavy atom. The first kappa shape index (κ1) is 13.3. The van der Waals surface area contributed by atoms with Crippen LogP contribution in [-0.2, 0) is 4.79 Å². The van der Waals surface area contributed by atoms with Crippen LogP contribution in [0.4, 0.5) is 5.69 Å². The molecule has 2 nitrogen and oxygen atoms in total. The van der Waals surface area contributed by atoms with E-state index in [1.54, 1.807) is 18.2 Å². The van der Waals surface area contributed by atoms with Gasteiger partial charge in [0.05, 0.1) is 10.0 Å². The van der Waals surface area contributed by atoms with E-state index in [0.29, 0.717) is 15.7 Å². The third kappa shape index (κ3) is 3.69. The lowest BCUT2D eigenvalue weighted by Gasteiger charge is -2.11. The quantitative estimate of drug-likeness (QED) is 0.855. The average Bonchev–Trinajstić information content (AvgIpc) is 2.24. The minimum absolute atomic E-state index is 0.0134. The molecule has 1 atom stereocenters. The van der Waals surface area contributed by atoms with E-state index in [1.165, 1.54) is 0 Å². The summed E-state index contributed by atoms with van der Waals surface area (Å²) in [5.41, 5.74) is 0.683. The van der Waals surface area contributed by atoms with Gasteiger partial charge in [0, 0.05) is 11.6 Å². The summed E-state index contributed by atoms with van der Waals surface area (Å²) in [7, 11) is 0. The molecule has 0 aliphatic heterocycles. The Labute approximate surface area is 106 Å². The maximum absolute atomic E-state index is 11.7. The molecule has 0 aliphatic rings. The molecule has 1 rings (SSSR count). The van der Waals surface area contributed by atoms with Gasteiger partial charge in [-0.2, -0.15) is 0 Å². The standard InChI is InChI=1S/C12H15Cl2NO/c1-3-4-8(2)12(16)15-9-5-6-10(13)11(14)7-9/h5-8H,3-4H2,1-2H3,(H,15,16)/t8-/m0/s1. The molecule has 0 aliphatic carbocycles. The number of carbonyl (C=O) groups is 1. The molecule has 1 aromatic carbocycles. The van der Waals surface area contributed by atoms with Gasteiger partial charge in [0.15, 0.2) is 0 Å². The van der Waals surface area contributed by atoms with Gasteiger partial charge in [-0.15, -0.1) is 0 Å². The molecule has 0 aromatic heterocycles. The van der Waals surface area contributed by atoms with Crippen LogP contribution < -0.4 is 5.32 Å². The fourth-order valence-electron chi connectivity index (χ4n) is 1.40. The molecule has 88 valence electrons. The lowest BCUT2D eigenvalue weighted by atomic mass is 10.1. The molecule has 0 bridgehead atoms. The monoisotopic (exact) mass is 259 g/mol. The van der Waals surface area contributed by atoms with Crippen LogP contribution in [0.25, 0.3) is 0 Å². The third-order valence-corrected chi connectivity index (χ3v) is 3.10. The van der Waals surface area contributed by atoms with Crippen LogP contribution >= 0.6 is 23.2 Å². The summed E-state index contributed by atoms with van der Waals surface area (Å²) < 4.78 is 0. The summed E-state index contributed by atoms with van der Waals surface area (Å²) >= 11 is 11.6. The van der Waals surface area contributed by atoms with Crippen LogP contribution in [0.1, 0.15) is 26.7 Å². The molecule has 0 spiro atoms. The smallest absolute Gasteiger partial charge is 0.227 e. The van der Waals surface area contributed by atoms with Gasteiger partial charge in [0.25, 0.3) is 0 Å². The largest absolute Gasteiger partial charge is 0.326 e. The zero-order valence-corrected chi connectivity index (χ0v) is 10.9. The summed E-state index contributed by atoms with van der Waals surface area (Å²) in [5.74, 6) is 0.0275. The highest BCUT2D eigenvalue weighted by atomic mass is 35.5. The van der Waals surface area contributed by atoms with Gasteiger partial charge in [-0.1, -0.05) is 43.5 Å². The maximum Gasteiger partial charge on any atom is 0.227 e. The van der Waals surface area contributed by atoms with Crippen molar-refractivity contribution in [2.24, 2.45) is 5.92 Å². The van der Waals surface area contributed by atoms with Crippen molar-refractivity contribution in [1.29, 1.82) is 0 Å². The van der Waals surface area contributed by atoms with Crippen molar-refractivity contribution in [2.75, 3.05) is 5.32 Å². The number of halogens is 2. The second-order valence-electron chi connectivity index (χ2n) is 3.81. The predicted molar refractivity (Wildman–Crippen MR) is 69.2 cm³/mol. The van der Waals surface area contributed by atoms with Crippen LogP contribution in [0.2, 0.25) is 10.0 Å². The van der Waals surface area contributed by atoms with Crippen molar-refractivity contribution in [3.8, 4) is 0 Å². The molecule has 0 unspecified atom stereocenters. The minimum atomic E-state index is 0.0134. The van der Waals surface area contributed by atoms with Crippen molar-refractivity contribution >= 4 is 34.8 Å². The number of amides is 1. The van der Waals surface area contributed by atoms with Crippen LogP contribution in [0.5, 0.6) is 0 Å². The zero-order valence-electron chi connectivity index (χ0n) is 9.39. The SMILES string of the molecule is CCC[C@H](C)C(=O)Nc1ccc(Cl)c(Cl)c1. The maximum atomic E-state index is 11.7. The highest BCUT2D eigenvalue weighted by Gasteiger charge is 2.12. The minimum Gasteiger partial charge on any atom is -0.326 e. The number of hydrogen-bond donors (Lipinski definition) is 1. The number of rotatable bonds is 4. The van der Waals surface area contributed by atoms with E-state index < -0.39 is 0 Å². The van der Waals surface area contributed by atoms with Crippen molar-refractivity contribution in [3.05, 3.63) is 28.2 Å². The Bertz CT molecular complexity index is 379. The van der Waals surface area contributed by atoms with Gasteiger partial charge in [-0.3, -0.25) is 4.79 Å². The first-order valence-electron chi connectivity index (χ1n) is 5.30. The van der Waals surface area contributed by atoms with Crippen molar-refractivity contribution < 1.29 is 4.79 Å². The Hall–Kier alpha value is -0.730.